The number of carbonyl (C=O) groups is 3. The number of hydrogen-bond acceptors (Lipinski definition) is 6. The molecule has 0 rings (SSSR count). The Hall–Kier alpha value is -1.59. The van der Waals surface area contributed by atoms with Gasteiger partial charge >= 0.3 is 17.9 Å². The molecule has 0 bridgehead atoms. The fourth-order valence-corrected chi connectivity index (χ4v) is 5.66. The summed E-state index contributed by atoms with van der Waals surface area (Å²) < 4.78 is 16.6. The average molecular weight is 653 g/mol. The van der Waals surface area contributed by atoms with Gasteiger partial charge in [-0.2, -0.15) is 0 Å². The lowest BCUT2D eigenvalue weighted by Gasteiger charge is -2.18. The molecule has 0 N–H and O–H groups in total. The van der Waals surface area contributed by atoms with Gasteiger partial charge in [0.1, 0.15) is 13.2 Å². The van der Waals surface area contributed by atoms with E-state index in [0.717, 1.165) is 69.6 Å². The Morgan fingerprint density at radius 3 is 1.24 bits per heavy atom. The second kappa shape index (κ2) is 33.3. The third-order valence-corrected chi connectivity index (χ3v) is 9.08. The molecule has 0 aromatic rings. The van der Waals surface area contributed by atoms with E-state index in [1.165, 1.54) is 96.3 Å². The average Bonchev–Trinajstić information content (AvgIpc) is 3.03. The molecule has 0 aromatic heterocycles. The Labute approximate surface area is 285 Å². The van der Waals surface area contributed by atoms with Crippen LogP contribution in [0.4, 0.5) is 0 Å². The minimum absolute atomic E-state index is 0.0677. The van der Waals surface area contributed by atoms with Gasteiger partial charge in [-0.25, -0.2) is 0 Å². The van der Waals surface area contributed by atoms with E-state index in [9.17, 15) is 14.4 Å². The van der Waals surface area contributed by atoms with Gasteiger partial charge in [0.25, 0.3) is 0 Å². The maximum Gasteiger partial charge on any atom is 0.306 e. The zero-order chi connectivity index (χ0) is 34.1. The summed E-state index contributed by atoms with van der Waals surface area (Å²) in [4.78, 5) is 37.4. The van der Waals surface area contributed by atoms with Gasteiger partial charge in [0.2, 0.25) is 0 Å². The molecule has 0 saturated carbocycles. The summed E-state index contributed by atoms with van der Waals surface area (Å²) in [6.45, 7) is 11.2. The van der Waals surface area contributed by atoms with Crippen molar-refractivity contribution in [3.63, 3.8) is 0 Å². The molecular formula is C40H76O6. The van der Waals surface area contributed by atoms with Gasteiger partial charge in [-0.3, -0.25) is 14.4 Å². The first kappa shape index (κ1) is 44.4. The lowest BCUT2D eigenvalue weighted by molar-refractivity contribution is -0.167. The highest BCUT2D eigenvalue weighted by Crippen LogP contribution is 2.16. The normalized spacial score (nSPS) is 12.7. The van der Waals surface area contributed by atoms with Crippen molar-refractivity contribution in [2.75, 3.05) is 13.2 Å². The monoisotopic (exact) mass is 653 g/mol. The third kappa shape index (κ3) is 32.4. The molecule has 0 fully saturated rings. The highest BCUT2D eigenvalue weighted by molar-refractivity contribution is 5.71. The Kier molecular flexibility index (Phi) is 32.2. The van der Waals surface area contributed by atoms with Crippen molar-refractivity contribution < 1.29 is 28.6 Å². The van der Waals surface area contributed by atoms with E-state index in [4.69, 9.17) is 14.2 Å². The van der Waals surface area contributed by atoms with E-state index in [0.29, 0.717) is 19.3 Å². The predicted octanol–water partition coefficient (Wildman–Crippen LogP) is 11.8. The fourth-order valence-electron chi connectivity index (χ4n) is 5.66. The van der Waals surface area contributed by atoms with E-state index in [1.54, 1.807) is 0 Å². The van der Waals surface area contributed by atoms with Crippen LogP contribution in [0.3, 0.4) is 0 Å². The molecule has 0 aliphatic rings. The van der Waals surface area contributed by atoms with Crippen molar-refractivity contribution in [2.45, 2.75) is 214 Å². The lowest BCUT2D eigenvalue weighted by Crippen LogP contribution is -2.30. The number of hydrogen-bond donors (Lipinski definition) is 0. The van der Waals surface area contributed by atoms with Gasteiger partial charge in [-0.05, 0) is 31.1 Å². The molecular weight excluding hydrogens is 576 g/mol. The van der Waals surface area contributed by atoms with E-state index in [1.807, 2.05) is 0 Å². The summed E-state index contributed by atoms with van der Waals surface area (Å²) >= 11 is 0. The summed E-state index contributed by atoms with van der Waals surface area (Å²) in [5, 5.41) is 0. The molecule has 2 atom stereocenters. The van der Waals surface area contributed by atoms with Crippen LogP contribution in [-0.2, 0) is 28.6 Å². The molecule has 0 aromatic carbocycles. The van der Waals surface area contributed by atoms with Crippen LogP contribution in [0.2, 0.25) is 0 Å². The van der Waals surface area contributed by atoms with E-state index in [2.05, 4.69) is 34.6 Å². The van der Waals surface area contributed by atoms with Gasteiger partial charge in [-0.1, -0.05) is 169 Å². The van der Waals surface area contributed by atoms with E-state index >= 15 is 0 Å². The minimum Gasteiger partial charge on any atom is -0.462 e. The molecule has 6 nitrogen and oxygen atoms in total. The molecule has 0 radical (unpaired) electrons. The van der Waals surface area contributed by atoms with Gasteiger partial charge in [-0.15, -0.1) is 0 Å². The molecule has 0 aliphatic heterocycles. The number of rotatable bonds is 34. The van der Waals surface area contributed by atoms with Gasteiger partial charge in [0, 0.05) is 19.3 Å². The summed E-state index contributed by atoms with van der Waals surface area (Å²) in [5.74, 6) is 0.697. The Morgan fingerprint density at radius 1 is 0.457 bits per heavy atom. The highest BCUT2D eigenvalue weighted by Gasteiger charge is 2.19. The first-order chi connectivity index (χ1) is 22.3. The van der Waals surface area contributed by atoms with Crippen LogP contribution in [0.5, 0.6) is 0 Å². The predicted molar refractivity (Wildman–Crippen MR) is 192 cm³/mol. The number of esters is 3. The largest absolute Gasteiger partial charge is 0.462 e. The lowest BCUT2D eigenvalue weighted by atomic mass is 10.00. The van der Waals surface area contributed by atoms with Crippen LogP contribution >= 0.6 is 0 Å². The van der Waals surface area contributed by atoms with Gasteiger partial charge in [0.15, 0.2) is 6.10 Å². The number of unbranched alkanes of at least 4 members (excludes halogenated alkanes) is 18. The smallest absolute Gasteiger partial charge is 0.306 e. The van der Waals surface area contributed by atoms with Crippen molar-refractivity contribution >= 4 is 17.9 Å². The summed E-state index contributed by atoms with van der Waals surface area (Å²) in [6.07, 6.45) is 28.2. The summed E-state index contributed by atoms with van der Waals surface area (Å²) in [7, 11) is 0. The fraction of sp³-hybridized carbons (Fsp3) is 0.925. The molecule has 0 spiro atoms. The van der Waals surface area contributed by atoms with Crippen molar-refractivity contribution in [1.29, 1.82) is 0 Å². The first-order valence-corrected chi connectivity index (χ1v) is 19.8. The van der Waals surface area contributed by atoms with Crippen LogP contribution in [0.15, 0.2) is 0 Å². The van der Waals surface area contributed by atoms with Crippen molar-refractivity contribution in [2.24, 2.45) is 11.8 Å². The van der Waals surface area contributed by atoms with E-state index in [-0.39, 0.29) is 31.1 Å². The second-order valence-electron chi connectivity index (χ2n) is 14.3. The number of carbonyl (C=O) groups excluding carboxylic acids is 3. The maximum absolute atomic E-state index is 12.6. The highest BCUT2D eigenvalue weighted by atomic mass is 16.6. The van der Waals surface area contributed by atoms with Gasteiger partial charge in [0.05, 0.1) is 0 Å². The number of ether oxygens (including phenoxy) is 3. The molecule has 272 valence electrons. The SMILES string of the molecule is CCCCCCCCCCCC(=O)OC[C@H](COC(=O)CCCCCCCCC(C)CC)OC(=O)CCCCCCCCC(C)C. The van der Waals surface area contributed by atoms with Crippen molar-refractivity contribution in [3.05, 3.63) is 0 Å². The van der Waals surface area contributed by atoms with Gasteiger partial charge < -0.3 is 14.2 Å². The molecule has 0 aliphatic carbocycles. The Morgan fingerprint density at radius 2 is 0.826 bits per heavy atom. The summed E-state index contributed by atoms with van der Waals surface area (Å²) in [5.41, 5.74) is 0. The maximum atomic E-state index is 12.6. The minimum atomic E-state index is -0.759. The zero-order valence-corrected chi connectivity index (χ0v) is 31.2. The Bertz CT molecular complexity index is 706. The molecule has 46 heavy (non-hydrogen) atoms. The van der Waals surface area contributed by atoms with Crippen LogP contribution in [0.25, 0.3) is 0 Å². The van der Waals surface area contributed by atoms with Crippen LogP contribution in [0.1, 0.15) is 208 Å². The zero-order valence-electron chi connectivity index (χ0n) is 31.2. The standard InChI is InChI=1S/C40H76O6/c1-6-8-9-10-11-12-13-20-25-30-38(41)44-33-37(46-40(43)32-27-22-16-14-18-23-28-35(3)4)34-45-39(42)31-26-21-17-15-19-24-29-36(5)7-2/h35-37H,6-34H2,1-5H3/t36?,37-/m1/s1. The third-order valence-electron chi connectivity index (χ3n) is 9.08. The molecule has 1 unspecified atom stereocenters. The Balaban J connectivity index is 4.38. The van der Waals surface area contributed by atoms with Crippen LogP contribution in [0, 0.1) is 11.8 Å². The van der Waals surface area contributed by atoms with Crippen LogP contribution < -0.4 is 0 Å². The molecule has 0 saturated heterocycles. The topological polar surface area (TPSA) is 78.9 Å². The van der Waals surface area contributed by atoms with Crippen molar-refractivity contribution in [1.82, 2.24) is 0 Å². The van der Waals surface area contributed by atoms with Crippen molar-refractivity contribution in [3.8, 4) is 0 Å². The summed E-state index contributed by atoms with van der Waals surface area (Å²) in [6, 6.07) is 0. The first-order valence-electron chi connectivity index (χ1n) is 19.8. The quantitative estimate of drug-likeness (QED) is 0.0391. The van der Waals surface area contributed by atoms with Crippen LogP contribution in [-0.4, -0.2) is 37.2 Å². The molecule has 0 amide bonds. The van der Waals surface area contributed by atoms with E-state index < -0.39 is 6.10 Å². The second-order valence-corrected chi connectivity index (χ2v) is 14.3. The molecule has 0 heterocycles. The molecule has 6 heteroatoms.